The summed E-state index contributed by atoms with van der Waals surface area (Å²) >= 11 is 0. The van der Waals surface area contributed by atoms with Crippen molar-refractivity contribution in [2.24, 2.45) is 0 Å². The van der Waals surface area contributed by atoms with Gasteiger partial charge in [0.1, 0.15) is 0 Å². The second-order valence-electron chi connectivity index (χ2n) is 11.7. The van der Waals surface area contributed by atoms with Gasteiger partial charge in [-0.1, -0.05) is 78.6 Å². The molecule has 0 nitrogen and oxygen atoms in total. The predicted octanol–water partition coefficient (Wildman–Crippen LogP) is 4.99. The van der Waals surface area contributed by atoms with Crippen LogP contribution in [0, 0.1) is 36.9 Å². The van der Waals surface area contributed by atoms with Gasteiger partial charge in [-0.3, -0.25) is 0 Å². The molecule has 163 valence electrons. The van der Waals surface area contributed by atoms with Crippen molar-refractivity contribution in [1.29, 1.82) is 0 Å². The first kappa shape index (κ1) is 27.8. The van der Waals surface area contributed by atoms with Crippen LogP contribution < -0.4 is 20.7 Å². The van der Waals surface area contributed by atoms with Gasteiger partial charge in [0, 0.05) is 53.0 Å². The van der Waals surface area contributed by atoms with Crippen molar-refractivity contribution in [2.45, 2.75) is 78.6 Å². The minimum atomic E-state index is -1.10. The van der Waals surface area contributed by atoms with E-state index >= 15 is 0 Å². The molecule has 2 aromatic rings. The molecule has 0 aliphatic heterocycles. The molecule has 0 heterocycles. The van der Waals surface area contributed by atoms with E-state index in [2.05, 4.69) is 115 Å². The van der Waals surface area contributed by atoms with Crippen LogP contribution in [0.4, 0.5) is 0 Å². The standard InChI is InChI=1S/2C11H21Si2.Lu/c2*1-12(2,3)10-8-7-9-11(10)13(4,5)6;/h2*7-9H,1-6H3;/q2*-1;. The fourth-order valence-corrected chi connectivity index (χ4v) is 13.9. The normalized spacial score (nSPS) is 12.9. The van der Waals surface area contributed by atoms with Gasteiger partial charge in [0.25, 0.3) is 0 Å². The molecule has 0 unspecified atom stereocenters. The van der Waals surface area contributed by atoms with E-state index in [1.165, 1.54) is 0 Å². The Balaban J connectivity index is 0.000000483. The van der Waals surface area contributed by atoms with Crippen LogP contribution in [0.2, 0.25) is 78.6 Å². The molecule has 5 heteroatoms. The quantitative estimate of drug-likeness (QED) is 0.346. The van der Waals surface area contributed by atoms with E-state index in [0.717, 1.165) is 0 Å². The Morgan fingerprint density at radius 1 is 0.519 bits per heavy atom. The summed E-state index contributed by atoms with van der Waals surface area (Å²) in [6.07, 6.45) is 0. The minimum absolute atomic E-state index is 0. The van der Waals surface area contributed by atoms with Crippen LogP contribution in [-0.4, -0.2) is 32.3 Å². The van der Waals surface area contributed by atoms with E-state index in [1.807, 2.05) is 0 Å². The molecule has 0 bridgehead atoms. The topological polar surface area (TPSA) is 0 Å². The maximum Gasteiger partial charge on any atom is 0.0505 e. The molecule has 0 atom stereocenters. The van der Waals surface area contributed by atoms with Crippen molar-refractivity contribution >= 4 is 53.0 Å². The Kier molecular flexibility index (Phi) is 10.0. The fourth-order valence-electron chi connectivity index (χ4n) is 3.46. The SMILES string of the molecule is C[Si](C)(C)c1ccc[c-]1[Si](C)(C)C.C[Si](C)(C)c1ccc[c-]1[Si](C)(C)C.[Lu]. The molecule has 0 saturated heterocycles. The van der Waals surface area contributed by atoms with Gasteiger partial charge in [-0.05, 0) is 0 Å². The Hall–Kier alpha value is 0.801. The third-order valence-corrected chi connectivity index (χ3v) is 13.6. The van der Waals surface area contributed by atoms with Crippen LogP contribution in [-0.2, 0) is 0 Å². The van der Waals surface area contributed by atoms with Crippen LogP contribution in [0.5, 0.6) is 0 Å². The molecule has 2 rings (SSSR count). The molecule has 0 fully saturated rings. The molecular formula is C22H42LuSi4-2. The summed E-state index contributed by atoms with van der Waals surface area (Å²) in [6.45, 7) is 29.2. The predicted molar refractivity (Wildman–Crippen MR) is 136 cm³/mol. The zero-order valence-corrected chi connectivity index (χ0v) is 25.4. The molecule has 0 amide bonds. The number of hydrogen-bond acceptors (Lipinski definition) is 0. The van der Waals surface area contributed by atoms with Gasteiger partial charge in [0.2, 0.25) is 0 Å². The van der Waals surface area contributed by atoms with Gasteiger partial charge in [-0.25, -0.2) is 24.3 Å². The largest absolute Gasteiger partial charge is 0.214 e. The van der Waals surface area contributed by atoms with E-state index in [4.69, 9.17) is 0 Å². The van der Waals surface area contributed by atoms with Gasteiger partial charge in [-0.15, -0.1) is 0 Å². The summed E-state index contributed by atoms with van der Waals surface area (Å²) in [6, 6.07) is 13.9. The fraction of sp³-hybridized carbons (Fsp3) is 0.545. The summed E-state index contributed by atoms with van der Waals surface area (Å²) in [4.78, 5) is 0. The summed E-state index contributed by atoms with van der Waals surface area (Å²) in [5, 5.41) is 6.75. The van der Waals surface area contributed by atoms with E-state index in [1.54, 1.807) is 20.7 Å². The summed E-state index contributed by atoms with van der Waals surface area (Å²) in [5.41, 5.74) is 0. The number of rotatable bonds is 4. The van der Waals surface area contributed by atoms with Gasteiger partial charge in [0.05, 0.1) is 16.1 Å². The summed E-state index contributed by atoms with van der Waals surface area (Å²) in [5.74, 6) is 0. The van der Waals surface area contributed by atoms with Crippen molar-refractivity contribution in [1.82, 2.24) is 0 Å². The first-order valence-corrected chi connectivity index (χ1v) is 24.0. The molecule has 1 radical (unpaired) electrons. The first-order valence-electron chi connectivity index (χ1n) is 9.99. The van der Waals surface area contributed by atoms with E-state index in [0.29, 0.717) is 0 Å². The van der Waals surface area contributed by atoms with Crippen LogP contribution >= 0.6 is 0 Å². The van der Waals surface area contributed by atoms with Crippen molar-refractivity contribution < 1.29 is 36.9 Å². The Morgan fingerprint density at radius 2 is 0.778 bits per heavy atom. The monoisotopic (exact) mass is 593 g/mol. The second kappa shape index (κ2) is 9.74. The summed E-state index contributed by atoms with van der Waals surface area (Å²) < 4.78 is 0. The molecule has 0 aliphatic carbocycles. The van der Waals surface area contributed by atoms with Gasteiger partial charge >= 0.3 is 0 Å². The molecule has 0 spiro atoms. The maximum absolute atomic E-state index is 2.44. The molecule has 27 heavy (non-hydrogen) atoms. The Labute approximate surface area is 203 Å². The van der Waals surface area contributed by atoms with Crippen molar-refractivity contribution in [3.63, 3.8) is 0 Å². The van der Waals surface area contributed by atoms with Gasteiger partial charge in [-0.2, -0.15) is 32.9 Å². The Morgan fingerprint density at radius 3 is 0.926 bits per heavy atom. The average molecular weight is 594 g/mol. The molecule has 0 aliphatic rings. The van der Waals surface area contributed by atoms with Gasteiger partial charge in [0.15, 0.2) is 0 Å². The van der Waals surface area contributed by atoms with E-state index < -0.39 is 32.3 Å². The third kappa shape index (κ3) is 8.21. The molecule has 0 saturated carbocycles. The maximum atomic E-state index is 2.44. The van der Waals surface area contributed by atoms with Gasteiger partial charge < -0.3 is 0 Å². The zero-order valence-electron chi connectivity index (χ0n) is 19.7. The molecule has 0 aromatic heterocycles. The number of hydrogen-bond donors (Lipinski definition) is 0. The van der Waals surface area contributed by atoms with Crippen LogP contribution in [0.25, 0.3) is 0 Å². The molecule has 0 N–H and O–H groups in total. The van der Waals surface area contributed by atoms with Crippen LogP contribution in [0.15, 0.2) is 36.4 Å². The average Bonchev–Trinajstić information content (AvgIpc) is 3.06. The molecular weight excluding hydrogens is 552 g/mol. The Bertz CT molecular complexity index is 579. The summed E-state index contributed by atoms with van der Waals surface area (Å²) in [7, 11) is -4.40. The van der Waals surface area contributed by atoms with Crippen molar-refractivity contribution in [3.05, 3.63) is 36.4 Å². The van der Waals surface area contributed by atoms with Crippen LogP contribution in [0.1, 0.15) is 0 Å². The van der Waals surface area contributed by atoms with E-state index in [-0.39, 0.29) is 36.9 Å². The van der Waals surface area contributed by atoms with Crippen molar-refractivity contribution in [2.75, 3.05) is 0 Å². The second-order valence-corrected chi connectivity index (χ2v) is 31.9. The zero-order chi connectivity index (χ0) is 20.6. The smallest absolute Gasteiger partial charge is 0.0505 e. The first-order chi connectivity index (χ1) is 11.5. The van der Waals surface area contributed by atoms with Crippen LogP contribution in [0.3, 0.4) is 0 Å². The van der Waals surface area contributed by atoms with E-state index in [9.17, 15) is 0 Å². The van der Waals surface area contributed by atoms with Crippen molar-refractivity contribution in [3.8, 4) is 0 Å². The third-order valence-electron chi connectivity index (χ3n) is 4.86. The molecule has 2 aromatic carbocycles. The minimum Gasteiger partial charge on any atom is -0.214 e.